The molecule has 0 radical (unpaired) electrons. The molecule has 1 atom stereocenters. The van der Waals surface area contributed by atoms with E-state index < -0.39 is 5.97 Å². The molecule has 6 nitrogen and oxygen atoms in total. The van der Waals surface area contributed by atoms with Crippen LogP contribution in [0.4, 0.5) is 5.00 Å². The summed E-state index contributed by atoms with van der Waals surface area (Å²) < 4.78 is 5.22. The molecule has 0 aliphatic carbocycles. The predicted molar refractivity (Wildman–Crippen MR) is 120 cm³/mol. The fraction of sp³-hybridized carbons (Fsp3) is 0.227. The van der Waals surface area contributed by atoms with Crippen molar-refractivity contribution < 1.29 is 14.3 Å². The van der Waals surface area contributed by atoms with Gasteiger partial charge in [-0.1, -0.05) is 35.9 Å². The number of hydrogen-bond acceptors (Lipinski definition) is 6. The number of nitrogens with zero attached hydrogens (tertiary/aromatic N) is 1. The highest BCUT2D eigenvalue weighted by Gasteiger charge is 2.24. The molecule has 3 rings (SSSR count). The van der Waals surface area contributed by atoms with Crippen molar-refractivity contribution in [1.29, 1.82) is 0 Å². The van der Waals surface area contributed by atoms with Crippen LogP contribution < -0.4 is 10.6 Å². The van der Waals surface area contributed by atoms with Crippen LogP contribution in [-0.2, 0) is 9.53 Å². The van der Waals surface area contributed by atoms with Gasteiger partial charge >= 0.3 is 5.97 Å². The SMILES string of the molecule is CCOC(=O)c1c(-c2ccccc2Cl)csc1NC(=O)CNC(C)c1cccnc1. The van der Waals surface area contributed by atoms with Crippen LogP contribution in [0.25, 0.3) is 11.1 Å². The summed E-state index contributed by atoms with van der Waals surface area (Å²) in [6.45, 7) is 4.00. The van der Waals surface area contributed by atoms with E-state index >= 15 is 0 Å². The Hall–Kier alpha value is -2.74. The molecule has 3 aromatic rings. The Kier molecular flexibility index (Phi) is 7.57. The second-order valence-corrected chi connectivity index (χ2v) is 7.78. The summed E-state index contributed by atoms with van der Waals surface area (Å²) in [5.41, 5.74) is 2.64. The second-order valence-electron chi connectivity index (χ2n) is 6.49. The van der Waals surface area contributed by atoms with E-state index in [4.69, 9.17) is 16.3 Å². The van der Waals surface area contributed by atoms with Gasteiger partial charge in [0.2, 0.25) is 5.91 Å². The summed E-state index contributed by atoms with van der Waals surface area (Å²) in [6, 6.07) is 11.0. The van der Waals surface area contributed by atoms with Gasteiger partial charge in [-0.2, -0.15) is 0 Å². The Balaban J connectivity index is 1.77. The maximum atomic E-state index is 12.6. The summed E-state index contributed by atoms with van der Waals surface area (Å²) >= 11 is 7.58. The fourth-order valence-corrected chi connectivity index (χ4v) is 4.10. The van der Waals surface area contributed by atoms with E-state index in [2.05, 4.69) is 15.6 Å². The highest BCUT2D eigenvalue weighted by molar-refractivity contribution is 7.15. The number of anilines is 1. The average molecular weight is 444 g/mol. The van der Waals surface area contributed by atoms with E-state index in [1.807, 2.05) is 37.3 Å². The van der Waals surface area contributed by atoms with Crippen molar-refractivity contribution in [3.63, 3.8) is 0 Å². The lowest BCUT2D eigenvalue weighted by molar-refractivity contribution is -0.115. The van der Waals surface area contributed by atoms with Gasteiger partial charge in [0.15, 0.2) is 0 Å². The molecular weight excluding hydrogens is 422 g/mol. The third-order valence-corrected chi connectivity index (χ3v) is 5.67. The molecule has 2 N–H and O–H groups in total. The number of aromatic nitrogens is 1. The standard InChI is InChI=1S/C22H22ClN3O3S/c1-3-29-22(28)20-17(16-8-4-5-9-18(16)23)13-30-21(20)26-19(27)12-25-14(2)15-7-6-10-24-11-15/h4-11,13-14,25H,3,12H2,1-2H3,(H,26,27). The van der Waals surface area contributed by atoms with E-state index in [1.54, 1.807) is 30.8 Å². The molecule has 0 aliphatic heterocycles. The van der Waals surface area contributed by atoms with Gasteiger partial charge < -0.3 is 15.4 Å². The summed E-state index contributed by atoms with van der Waals surface area (Å²) in [7, 11) is 0. The molecular formula is C22H22ClN3O3S. The number of ether oxygens (including phenoxy) is 1. The minimum atomic E-state index is -0.499. The smallest absolute Gasteiger partial charge is 0.341 e. The lowest BCUT2D eigenvalue weighted by atomic mass is 10.0. The second kappa shape index (κ2) is 10.3. The lowest BCUT2D eigenvalue weighted by Crippen LogP contribution is -2.30. The van der Waals surface area contributed by atoms with Gasteiger partial charge in [-0.25, -0.2) is 4.79 Å². The van der Waals surface area contributed by atoms with Crippen LogP contribution in [0.5, 0.6) is 0 Å². The van der Waals surface area contributed by atoms with Crippen LogP contribution in [0.3, 0.4) is 0 Å². The summed E-state index contributed by atoms with van der Waals surface area (Å²) in [4.78, 5) is 29.3. The van der Waals surface area contributed by atoms with Gasteiger partial charge in [-0.3, -0.25) is 9.78 Å². The number of halogens is 1. The van der Waals surface area contributed by atoms with Crippen molar-refractivity contribution in [2.75, 3.05) is 18.5 Å². The number of nitrogens with one attached hydrogen (secondary N) is 2. The van der Waals surface area contributed by atoms with E-state index in [0.29, 0.717) is 26.7 Å². The molecule has 0 saturated carbocycles. The zero-order valence-electron chi connectivity index (χ0n) is 16.6. The van der Waals surface area contributed by atoms with Gasteiger partial charge in [0.05, 0.1) is 13.2 Å². The van der Waals surface area contributed by atoms with Crippen LogP contribution in [0.2, 0.25) is 5.02 Å². The molecule has 1 amide bonds. The number of carbonyl (C=O) groups excluding carboxylic acids is 2. The maximum absolute atomic E-state index is 12.6. The normalized spacial score (nSPS) is 11.7. The number of esters is 1. The molecule has 0 spiro atoms. The molecule has 0 saturated heterocycles. The molecule has 0 aliphatic rings. The van der Waals surface area contributed by atoms with E-state index in [0.717, 1.165) is 5.56 Å². The molecule has 1 aromatic carbocycles. The molecule has 0 bridgehead atoms. The van der Waals surface area contributed by atoms with Gasteiger partial charge in [-0.05, 0) is 31.5 Å². The van der Waals surface area contributed by atoms with Gasteiger partial charge in [0, 0.05) is 40.0 Å². The molecule has 1 unspecified atom stereocenters. The molecule has 156 valence electrons. The Morgan fingerprint density at radius 1 is 1.20 bits per heavy atom. The van der Waals surface area contributed by atoms with Gasteiger partial charge in [0.1, 0.15) is 10.6 Å². The maximum Gasteiger partial charge on any atom is 0.341 e. The highest BCUT2D eigenvalue weighted by atomic mass is 35.5. The van der Waals surface area contributed by atoms with Crippen LogP contribution in [0.15, 0.2) is 54.2 Å². The summed E-state index contributed by atoms with van der Waals surface area (Å²) in [5, 5.41) is 8.73. The fourth-order valence-electron chi connectivity index (χ4n) is 2.90. The molecule has 30 heavy (non-hydrogen) atoms. The highest BCUT2D eigenvalue weighted by Crippen LogP contribution is 2.39. The van der Waals surface area contributed by atoms with Crippen LogP contribution in [0, 0.1) is 0 Å². The zero-order valence-corrected chi connectivity index (χ0v) is 18.2. The summed E-state index contributed by atoms with van der Waals surface area (Å²) in [5.74, 6) is -0.760. The molecule has 2 heterocycles. The predicted octanol–water partition coefficient (Wildman–Crippen LogP) is 4.93. The van der Waals surface area contributed by atoms with Crippen molar-refractivity contribution in [2.24, 2.45) is 0 Å². The molecule has 0 fully saturated rings. The topological polar surface area (TPSA) is 80.3 Å². The first-order valence-corrected chi connectivity index (χ1v) is 10.7. The summed E-state index contributed by atoms with van der Waals surface area (Å²) in [6.07, 6.45) is 3.46. The van der Waals surface area contributed by atoms with Crippen LogP contribution >= 0.6 is 22.9 Å². The van der Waals surface area contributed by atoms with Crippen LogP contribution in [0.1, 0.15) is 35.8 Å². The minimum Gasteiger partial charge on any atom is -0.462 e. The average Bonchev–Trinajstić information content (AvgIpc) is 3.16. The van der Waals surface area contributed by atoms with Crippen molar-refractivity contribution in [2.45, 2.75) is 19.9 Å². The first kappa shape index (κ1) is 22.0. The minimum absolute atomic E-state index is 0.0454. The first-order chi connectivity index (χ1) is 14.5. The largest absolute Gasteiger partial charge is 0.462 e. The van der Waals surface area contributed by atoms with E-state index in [-0.39, 0.29) is 25.1 Å². The number of hydrogen-bond donors (Lipinski definition) is 2. The molecule has 2 aromatic heterocycles. The first-order valence-electron chi connectivity index (χ1n) is 9.48. The Bertz CT molecular complexity index is 1020. The zero-order chi connectivity index (χ0) is 21.5. The third kappa shape index (κ3) is 5.24. The third-order valence-electron chi connectivity index (χ3n) is 4.44. The van der Waals surface area contributed by atoms with Crippen molar-refractivity contribution in [3.05, 3.63) is 70.3 Å². The van der Waals surface area contributed by atoms with E-state index in [1.165, 1.54) is 11.3 Å². The van der Waals surface area contributed by atoms with Crippen molar-refractivity contribution in [1.82, 2.24) is 10.3 Å². The van der Waals surface area contributed by atoms with Gasteiger partial charge in [0.25, 0.3) is 0 Å². The quantitative estimate of drug-likeness (QED) is 0.482. The van der Waals surface area contributed by atoms with E-state index in [9.17, 15) is 9.59 Å². The number of carbonyl (C=O) groups is 2. The number of pyridine rings is 1. The van der Waals surface area contributed by atoms with Crippen molar-refractivity contribution in [3.8, 4) is 11.1 Å². The number of thiophene rings is 1. The van der Waals surface area contributed by atoms with Crippen LogP contribution in [-0.4, -0.2) is 30.0 Å². The molecule has 8 heteroatoms. The Labute approximate surface area is 184 Å². The number of rotatable bonds is 8. The Morgan fingerprint density at radius 2 is 2.00 bits per heavy atom. The van der Waals surface area contributed by atoms with Crippen molar-refractivity contribution >= 4 is 39.8 Å². The monoisotopic (exact) mass is 443 g/mol. The van der Waals surface area contributed by atoms with Gasteiger partial charge in [-0.15, -0.1) is 11.3 Å². The Morgan fingerprint density at radius 3 is 2.70 bits per heavy atom. The number of amides is 1. The number of benzene rings is 1. The lowest BCUT2D eigenvalue weighted by Gasteiger charge is -2.14.